The number of carboxylic acid groups (broad SMARTS) is 1. The molecule has 0 spiro atoms. The maximum atomic E-state index is 12.6. The standard InChI is InChI=1S/C23H18N2O3/c26-21(18-12-6-2-7-13-18)16-20(17-10-4-1-5-11-17)24-25-22(23(27)28)19-14-8-3-9-15-19/h1-16,24H,(H,27,28)/p-1/b20-16+,25-22+. The SMILES string of the molecule is O=C([O-])/C(=N/N/C(=C/C(=O)c1ccccc1)c1ccccc1)c1ccccc1. The van der Waals surface area contributed by atoms with E-state index in [0.717, 1.165) is 0 Å². The fourth-order valence-corrected chi connectivity index (χ4v) is 2.55. The van der Waals surface area contributed by atoms with Crippen LogP contribution in [0.25, 0.3) is 5.70 Å². The Kier molecular flexibility index (Phi) is 6.10. The lowest BCUT2D eigenvalue weighted by atomic mass is 10.1. The molecule has 3 rings (SSSR count). The molecular weight excluding hydrogens is 352 g/mol. The number of carbonyl (C=O) groups is 2. The summed E-state index contributed by atoms with van der Waals surface area (Å²) in [5, 5.41) is 15.5. The molecule has 5 nitrogen and oxygen atoms in total. The van der Waals surface area contributed by atoms with Crippen LogP contribution in [-0.2, 0) is 4.79 Å². The summed E-state index contributed by atoms with van der Waals surface area (Å²) in [6.07, 6.45) is 1.39. The molecule has 0 fully saturated rings. The Hall–Kier alpha value is -3.99. The number of hydrogen-bond acceptors (Lipinski definition) is 5. The average Bonchev–Trinajstić information content (AvgIpc) is 2.74. The zero-order valence-corrected chi connectivity index (χ0v) is 14.9. The molecule has 28 heavy (non-hydrogen) atoms. The topological polar surface area (TPSA) is 81.6 Å². The van der Waals surface area contributed by atoms with Gasteiger partial charge < -0.3 is 9.90 Å². The number of carbonyl (C=O) groups excluding carboxylic acids is 2. The van der Waals surface area contributed by atoms with Crippen LogP contribution in [0.4, 0.5) is 0 Å². The molecule has 138 valence electrons. The van der Waals surface area contributed by atoms with E-state index in [1.807, 2.05) is 24.3 Å². The quantitative estimate of drug-likeness (QED) is 0.300. The normalized spacial score (nSPS) is 11.7. The number of carboxylic acids is 1. The summed E-state index contributed by atoms with van der Waals surface area (Å²) in [6, 6.07) is 26.3. The highest BCUT2D eigenvalue weighted by Crippen LogP contribution is 2.14. The number of nitrogens with zero attached hydrogens (tertiary/aromatic N) is 1. The number of allylic oxidation sites excluding steroid dienone is 1. The van der Waals surface area contributed by atoms with Gasteiger partial charge in [-0.15, -0.1) is 0 Å². The number of benzene rings is 3. The summed E-state index contributed by atoms with van der Waals surface area (Å²) in [4.78, 5) is 24.1. The van der Waals surface area contributed by atoms with Crippen molar-refractivity contribution in [2.24, 2.45) is 5.10 Å². The summed E-state index contributed by atoms with van der Waals surface area (Å²) >= 11 is 0. The van der Waals surface area contributed by atoms with Gasteiger partial charge in [-0.1, -0.05) is 91.0 Å². The summed E-state index contributed by atoms with van der Waals surface area (Å²) < 4.78 is 0. The molecule has 0 radical (unpaired) electrons. The molecule has 0 amide bonds. The largest absolute Gasteiger partial charge is 0.543 e. The highest BCUT2D eigenvalue weighted by Gasteiger charge is 2.09. The van der Waals surface area contributed by atoms with Crippen molar-refractivity contribution in [3.8, 4) is 0 Å². The van der Waals surface area contributed by atoms with E-state index < -0.39 is 5.97 Å². The van der Waals surface area contributed by atoms with Gasteiger partial charge in [0.25, 0.3) is 0 Å². The first-order valence-corrected chi connectivity index (χ1v) is 8.62. The van der Waals surface area contributed by atoms with E-state index in [9.17, 15) is 14.7 Å². The van der Waals surface area contributed by atoms with Crippen LogP contribution >= 0.6 is 0 Å². The van der Waals surface area contributed by atoms with Crippen molar-refractivity contribution in [1.29, 1.82) is 0 Å². The molecule has 0 aliphatic heterocycles. The smallest absolute Gasteiger partial charge is 0.187 e. The van der Waals surface area contributed by atoms with Crippen LogP contribution < -0.4 is 10.5 Å². The molecule has 0 aliphatic carbocycles. The lowest BCUT2D eigenvalue weighted by Gasteiger charge is -2.11. The lowest BCUT2D eigenvalue weighted by Crippen LogP contribution is -2.33. The van der Waals surface area contributed by atoms with Gasteiger partial charge in [-0.25, -0.2) is 0 Å². The van der Waals surface area contributed by atoms with E-state index in [1.54, 1.807) is 66.7 Å². The molecular formula is C23H17N2O3-. The zero-order chi connectivity index (χ0) is 19.8. The molecule has 0 saturated heterocycles. The first-order chi connectivity index (χ1) is 13.6. The Labute approximate surface area is 162 Å². The molecule has 1 N–H and O–H groups in total. The third-order valence-electron chi connectivity index (χ3n) is 3.95. The van der Waals surface area contributed by atoms with Crippen molar-refractivity contribution in [3.05, 3.63) is 114 Å². The fraction of sp³-hybridized carbons (Fsp3) is 0. The highest BCUT2D eigenvalue weighted by atomic mass is 16.4. The first-order valence-electron chi connectivity index (χ1n) is 8.62. The summed E-state index contributed by atoms with van der Waals surface area (Å²) in [5.41, 5.74) is 4.46. The monoisotopic (exact) mass is 369 g/mol. The molecule has 0 aromatic heterocycles. The molecule has 0 aliphatic rings. The Bertz CT molecular complexity index is 1010. The second-order valence-electron chi connectivity index (χ2n) is 5.88. The van der Waals surface area contributed by atoms with E-state index in [-0.39, 0.29) is 11.5 Å². The van der Waals surface area contributed by atoms with Gasteiger partial charge >= 0.3 is 0 Å². The number of hydrogen-bond donors (Lipinski definition) is 1. The van der Waals surface area contributed by atoms with Crippen molar-refractivity contribution in [2.75, 3.05) is 0 Å². The van der Waals surface area contributed by atoms with Gasteiger partial charge in [0.05, 0.1) is 11.7 Å². The summed E-state index contributed by atoms with van der Waals surface area (Å²) in [7, 11) is 0. The van der Waals surface area contributed by atoms with E-state index in [1.165, 1.54) is 6.08 Å². The van der Waals surface area contributed by atoms with Crippen molar-refractivity contribution in [3.63, 3.8) is 0 Å². The minimum absolute atomic E-state index is 0.225. The third kappa shape index (κ3) is 4.80. The fourth-order valence-electron chi connectivity index (χ4n) is 2.55. The number of aliphatic carboxylic acids is 1. The van der Waals surface area contributed by atoms with Crippen LogP contribution in [0.3, 0.4) is 0 Å². The Balaban J connectivity index is 1.97. The lowest BCUT2D eigenvalue weighted by molar-refractivity contribution is -0.294. The van der Waals surface area contributed by atoms with Gasteiger partial charge in [-0.05, 0) is 5.56 Å². The van der Waals surface area contributed by atoms with E-state index in [2.05, 4.69) is 10.5 Å². The Morgan fingerprint density at radius 3 is 1.68 bits per heavy atom. The van der Waals surface area contributed by atoms with Crippen LogP contribution in [0.5, 0.6) is 0 Å². The predicted molar refractivity (Wildman–Crippen MR) is 106 cm³/mol. The summed E-state index contributed by atoms with van der Waals surface area (Å²) in [5.74, 6) is -1.64. The maximum absolute atomic E-state index is 12.6. The van der Waals surface area contributed by atoms with Crippen LogP contribution in [0, 0.1) is 0 Å². The molecule has 0 saturated carbocycles. The molecule has 3 aromatic rings. The van der Waals surface area contributed by atoms with Gasteiger partial charge in [-0.2, -0.15) is 5.10 Å². The molecule has 0 heterocycles. The van der Waals surface area contributed by atoms with Gasteiger partial charge in [0.2, 0.25) is 0 Å². The second-order valence-corrected chi connectivity index (χ2v) is 5.88. The van der Waals surface area contributed by atoms with Gasteiger partial charge in [0, 0.05) is 17.2 Å². The minimum atomic E-state index is -1.42. The Morgan fingerprint density at radius 1 is 0.714 bits per heavy atom. The molecule has 0 bridgehead atoms. The Morgan fingerprint density at radius 2 is 1.18 bits per heavy atom. The van der Waals surface area contributed by atoms with Crippen molar-refractivity contribution >= 4 is 23.2 Å². The molecule has 3 aromatic carbocycles. The number of ketones is 1. The minimum Gasteiger partial charge on any atom is -0.543 e. The van der Waals surface area contributed by atoms with Gasteiger partial charge in [-0.3, -0.25) is 10.2 Å². The van der Waals surface area contributed by atoms with Gasteiger partial charge in [0.1, 0.15) is 5.71 Å². The molecule has 5 heteroatoms. The van der Waals surface area contributed by atoms with Crippen LogP contribution in [-0.4, -0.2) is 17.5 Å². The van der Waals surface area contributed by atoms with E-state index >= 15 is 0 Å². The number of rotatable bonds is 7. The van der Waals surface area contributed by atoms with E-state index in [0.29, 0.717) is 22.4 Å². The van der Waals surface area contributed by atoms with Crippen molar-refractivity contribution in [2.45, 2.75) is 0 Å². The molecule has 0 atom stereocenters. The first kappa shape index (κ1) is 18.8. The van der Waals surface area contributed by atoms with E-state index in [4.69, 9.17) is 0 Å². The molecule has 0 unspecified atom stereocenters. The second kappa shape index (κ2) is 9.09. The average molecular weight is 369 g/mol. The number of nitrogens with one attached hydrogen (secondary N) is 1. The van der Waals surface area contributed by atoms with Crippen molar-refractivity contribution in [1.82, 2.24) is 5.43 Å². The summed E-state index contributed by atoms with van der Waals surface area (Å²) in [6.45, 7) is 0. The maximum Gasteiger partial charge on any atom is 0.187 e. The zero-order valence-electron chi connectivity index (χ0n) is 14.9. The van der Waals surface area contributed by atoms with Crippen LogP contribution in [0.1, 0.15) is 21.5 Å². The van der Waals surface area contributed by atoms with Gasteiger partial charge in [0.15, 0.2) is 5.78 Å². The highest BCUT2D eigenvalue weighted by molar-refractivity contribution is 6.41. The van der Waals surface area contributed by atoms with Crippen LogP contribution in [0.2, 0.25) is 0 Å². The third-order valence-corrected chi connectivity index (χ3v) is 3.95. The van der Waals surface area contributed by atoms with Crippen LogP contribution in [0.15, 0.2) is 102 Å². The number of hydrazone groups is 1. The van der Waals surface area contributed by atoms with Crippen molar-refractivity contribution < 1.29 is 14.7 Å². The predicted octanol–water partition coefficient (Wildman–Crippen LogP) is 2.65.